The van der Waals surface area contributed by atoms with Crippen LogP contribution in [0.5, 0.6) is 0 Å². The molecule has 0 aromatic heterocycles. The van der Waals surface area contributed by atoms with Crippen molar-refractivity contribution >= 4 is 10.0 Å². The maximum Gasteiger partial charge on any atom is 0.209 e. The predicted molar refractivity (Wildman–Crippen MR) is 89.6 cm³/mol. The molecule has 0 saturated heterocycles. The molecule has 0 aliphatic rings. The fraction of sp³-hybridized carbons (Fsp3) is 0.294. The molecule has 0 saturated carbocycles. The van der Waals surface area contributed by atoms with Gasteiger partial charge >= 0.3 is 0 Å². The Morgan fingerprint density at radius 2 is 1.27 bits per heavy atom. The number of sulfonamides is 1. The molecule has 2 N–H and O–H groups in total. The summed E-state index contributed by atoms with van der Waals surface area (Å²) in [6, 6.07) is 20.4. The molecule has 4 nitrogen and oxygen atoms in total. The highest BCUT2D eigenvalue weighted by molar-refractivity contribution is 7.89. The minimum atomic E-state index is -3.39. The molecule has 118 valence electrons. The lowest BCUT2D eigenvalue weighted by atomic mass is 10.1. The second-order valence-corrected chi connectivity index (χ2v) is 7.14. The van der Waals surface area contributed by atoms with E-state index < -0.39 is 10.0 Å². The van der Waals surface area contributed by atoms with Crippen molar-refractivity contribution in [2.45, 2.75) is 19.5 Å². The first-order chi connectivity index (χ1) is 10.5. The Kier molecular flexibility index (Phi) is 6.12. The number of nitrogens with zero attached hydrogens (tertiary/aromatic N) is 1. The van der Waals surface area contributed by atoms with Gasteiger partial charge in [0, 0.05) is 13.1 Å². The van der Waals surface area contributed by atoms with Gasteiger partial charge in [0.2, 0.25) is 10.0 Å². The molecule has 0 unspecified atom stereocenters. The van der Waals surface area contributed by atoms with Crippen LogP contribution in [-0.4, -0.2) is 25.6 Å². The molecule has 0 heterocycles. The average molecular weight is 318 g/mol. The molecule has 2 rings (SSSR count). The molecule has 0 aliphatic heterocycles. The van der Waals surface area contributed by atoms with Gasteiger partial charge in [0.25, 0.3) is 0 Å². The third-order valence-electron chi connectivity index (χ3n) is 3.40. The summed E-state index contributed by atoms with van der Waals surface area (Å²) in [7, 11) is -3.39. The number of benzene rings is 2. The molecule has 0 bridgehead atoms. The van der Waals surface area contributed by atoms with E-state index in [2.05, 4.69) is 29.2 Å². The molecule has 5 heteroatoms. The molecule has 2 aromatic rings. The van der Waals surface area contributed by atoms with Gasteiger partial charge in [-0.2, -0.15) is 0 Å². The first kappa shape index (κ1) is 16.7. The summed E-state index contributed by atoms with van der Waals surface area (Å²) in [6.45, 7) is 2.28. The zero-order chi connectivity index (χ0) is 15.8. The highest BCUT2D eigenvalue weighted by Gasteiger charge is 2.09. The Bertz CT molecular complexity index is 616. The number of primary sulfonamides is 1. The van der Waals surface area contributed by atoms with Crippen LogP contribution in [0.25, 0.3) is 0 Å². The Labute approximate surface area is 132 Å². The number of hydrogen-bond acceptors (Lipinski definition) is 3. The first-order valence-electron chi connectivity index (χ1n) is 7.33. The zero-order valence-corrected chi connectivity index (χ0v) is 13.4. The fourth-order valence-electron chi connectivity index (χ4n) is 2.39. The highest BCUT2D eigenvalue weighted by Crippen LogP contribution is 2.10. The number of rotatable bonds is 8. The molecule has 22 heavy (non-hydrogen) atoms. The van der Waals surface area contributed by atoms with E-state index in [0.29, 0.717) is 13.0 Å². The van der Waals surface area contributed by atoms with Crippen molar-refractivity contribution in [2.75, 3.05) is 12.3 Å². The lowest BCUT2D eigenvalue weighted by Gasteiger charge is -2.22. The van der Waals surface area contributed by atoms with Gasteiger partial charge in [-0.1, -0.05) is 60.7 Å². The van der Waals surface area contributed by atoms with E-state index in [1.54, 1.807) is 0 Å². The first-order valence-corrected chi connectivity index (χ1v) is 9.05. The molecular formula is C17H22N2O2S. The molecule has 2 aromatic carbocycles. The zero-order valence-electron chi connectivity index (χ0n) is 12.6. The van der Waals surface area contributed by atoms with Crippen molar-refractivity contribution < 1.29 is 8.42 Å². The second kappa shape index (κ2) is 8.08. The summed E-state index contributed by atoms with van der Waals surface area (Å²) < 4.78 is 22.2. The van der Waals surface area contributed by atoms with Gasteiger partial charge in [0.15, 0.2) is 0 Å². The van der Waals surface area contributed by atoms with Crippen molar-refractivity contribution in [3.63, 3.8) is 0 Å². The summed E-state index contributed by atoms with van der Waals surface area (Å²) in [5.41, 5.74) is 2.43. The van der Waals surface area contributed by atoms with Crippen LogP contribution < -0.4 is 5.14 Å². The third kappa shape index (κ3) is 6.39. The largest absolute Gasteiger partial charge is 0.295 e. The summed E-state index contributed by atoms with van der Waals surface area (Å²) >= 11 is 0. The molecule has 0 radical (unpaired) electrons. The van der Waals surface area contributed by atoms with Crippen LogP contribution in [0, 0.1) is 0 Å². The summed E-state index contributed by atoms with van der Waals surface area (Å²) in [6.07, 6.45) is 0.540. The van der Waals surface area contributed by atoms with Crippen molar-refractivity contribution in [2.24, 2.45) is 5.14 Å². The van der Waals surface area contributed by atoms with Gasteiger partial charge in [-0.05, 0) is 24.1 Å². The normalized spacial score (nSPS) is 11.7. The Balaban J connectivity index is 2.00. The van der Waals surface area contributed by atoms with Gasteiger partial charge in [-0.25, -0.2) is 13.6 Å². The highest BCUT2D eigenvalue weighted by atomic mass is 32.2. The van der Waals surface area contributed by atoms with Crippen molar-refractivity contribution in [1.29, 1.82) is 0 Å². The van der Waals surface area contributed by atoms with Gasteiger partial charge in [0.1, 0.15) is 0 Å². The van der Waals surface area contributed by atoms with E-state index in [0.717, 1.165) is 13.1 Å². The van der Waals surface area contributed by atoms with E-state index in [9.17, 15) is 8.42 Å². The Hall–Kier alpha value is -1.69. The summed E-state index contributed by atoms with van der Waals surface area (Å²) in [5.74, 6) is 0.0209. The van der Waals surface area contributed by atoms with Gasteiger partial charge < -0.3 is 0 Å². The molecule has 0 spiro atoms. The minimum absolute atomic E-state index is 0.0209. The van der Waals surface area contributed by atoms with E-state index in [1.807, 2.05) is 36.4 Å². The topological polar surface area (TPSA) is 63.4 Å². The monoisotopic (exact) mass is 318 g/mol. The molecule has 0 atom stereocenters. The SMILES string of the molecule is NS(=O)(=O)CCCN(Cc1ccccc1)Cc1ccccc1. The van der Waals surface area contributed by atoms with Crippen molar-refractivity contribution in [3.05, 3.63) is 71.8 Å². The van der Waals surface area contributed by atoms with E-state index in [-0.39, 0.29) is 5.75 Å². The predicted octanol–water partition coefficient (Wildman–Crippen LogP) is 2.37. The quantitative estimate of drug-likeness (QED) is 0.813. The third-order valence-corrected chi connectivity index (χ3v) is 4.26. The van der Waals surface area contributed by atoms with Crippen LogP contribution in [0.4, 0.5) is 0 Å². The van der Waals surface area contributed by atoms with E-state index >= 15 is 0 Å². The van der Waals surface area contributed by atoms with Crippen molar-refractivity contribution in [3.8, 4) is 0 Å². The number of nitrogens with two attached hydrogens (primary N) is 1. The Morgan fingerprint density at radius 3 is 1.68 bits per heavy atom. The Morgan fingerprint density at radius 1 is 0.818 bits per heavy atom. The fourth-order valence-corrected chi connectivity index (χ4v) is 2.92. The second-order valence-electron chi connectivity index (χ2n) is 5.40. The minimum Gasteiger partial charge on any atom is -0.295 e. The van der Waals surface area contributed by atoms with Crippen LogP contribution in [0.3, 0.4) is 0 Å². The number of hydrogen-bond donors (Lipinski definition) is 1. The van der Waals surface area contributed by atoms with E-state index in [4.69, 9.17) is 5.14 Å². The van der Waals surface area contributed by atoms with Crippen LogP contribution in [0.15, 0.2) is 60.7 Å². The summed E-state index contributed by atoms with van der Waals surface area (Å²) in [4.78, 5) is 2.25. The van der Waals surface area contributed by atoms with Crippen LogP contribution >= 0.6 is 0 Å². The smallest absolute Gasteiger partial charge is 0.209 e. The molecule has 0 fully saturated rings. The molecule has 0 amide bonds. The van der Waals surface area contributed by atoms with Gasteiger partial charge in [0.05, 0.1) is 5.75 Å². The standard InChI is InChI=1S/C17H22N2O2S/c18-22(20,21)13-7-12-19(14-16-8-3-1-4-9-16)15-17-10-5-2-6-11-17/h1-6,8-11H,7,12-15H2,(H2,18,20,21). The van der Waals surface area contributed by atoms with Crippen LogP contribution in [0.2, 0.25) is 0 Å². The van der Waals surface area contributed by atoms with Crippen molar-refractivity contribution in [1.82, 2.24) is 4.90 Å². The lowest BCUT2D eigenvalue weighted by Crippen LogP contribution is -2.27. The van der Waals surface area contributed by atoms with Gasteiger partial charge in [-0.3, -0.25) is 4.90 Å². The summed E-state index contributed by atoms with van der Waals surface area (Å²) in [5, 5.41) is 5.08. The molecule has 0 aliphatic carbocycles. The van der Waals surface area contributed by atoms with Gasteiger partial charge in [-0.15, -0.1) is 0 Å². The van der Waals surface area contributed by atoms with Crippen LogP contribution in [0.1, 0.15) is 17.5 Å². The maximum absolute atomic E-state index is 11.1. The van der Waals surface area contributed by atoms with Crippen LogP contribution in [-0.2, 0) is 23.1 Å². The average Bonchev–Trinajstić information content (AvgIpc) is 2.48. The maximum atomic E-state index is 11.1. The lowest BCUT2D eigenvalue weighted by molar-refractivity contribution is 0.257. The molecular weight excluding hydrogens is 296 g/mol. The van der Waals surface area contributed by atoms with E-state index in [1.165, 1.54) is 11.1 Å².